The molecule has 1 saturated carbocycles. The van der Waals surface area contributed by atoms with Gasteiger partial charge in [0, 0.05) is 7.11 Å². The summed E-state index contributed by atoms with van der Waals surface area (Å²) in [6.07, 6.45) is 8.34. The Morgan fingerprint density at radius 3 is 2.54 bits per heavy atom. The molecule has 0 N–H and O–H groups in total. The number of epoxide rings is 1. The maximum absolute atomic E-state index is 5.53. The normalized spacial score (nSPS) is 40.6. The van der Waals surface area contributed by atoms with Gasteiger partial charge in [-0.25, -0.2) is 0 Å². The van der Waals surface area contributed by atoms with Gasteiger partial charge in [-0.2, -0.15) is 0 Å². The second-order valence-electron chi connectivity index (χ2n) is 4.71. The van der Waals surface area contributed by atoms with Gasteiger partial charge in [-0.3, -0.25) is 0 Å². The van der Waals surface area contributed by atoms with E-state index < -0.39 is 0 Å². The Labute approximate surface area is 80.6 Å². The van der Waals surface area contributed by atoms with Crippen LogP contribution in [0.2, 0.25) is 0 Å². The highest BCUT2D eigenvalue weighted by molar-refractivity contribution is 4.94. The number of rotatable bonds is 3. The first-order valence-corrected chi connectivity index (χ1v) is 5.45. The second kappa shape index (κ2) is 3.58. The molecule has 2 unspecified atom stereocenters. The molecule has 2 rings (SSSR count). The predicted octanol–water partition coefficient (Wildman–Crippen LogP) is 2.72. The molecule has 0 aromatic rings. The monoisotopic (exact) mass is 184 g/mol. The van der Waals surface area contributed by atoms with E-state index in [4.69, 9.17) is 9.47 Å². The van der Waals surface area contributed by atoms with Crippen LogP contribution in [0.5, 0.6) is 0 Å². The molecular weight excluding hydrogens is 164 g/mol. The summed E-state index contributed by atoms with van der Waals surface area (Å²) in [4.78, 5) is 0. The van der Waals surface area contributed by atoms with Crippen molar-refractivity contribution in [1.29, 1.82) is 0 Å². The fourth-order valence-electron chi connectivity index (χ4n) is 2.62. The zero-order chi connectivity index (χ0) is 9.31. The summed E-state index contributed by atoms with van der Waals surface area (Å²) < 4.78 is 10.7. The van der Waals surface area contributed by atoms with Gasteiger partial charge in [0.1, 0.15) is 5.60 Å². The van der Waals surface area contributed by atoms with Gasteiger partial charge in [0.25, 0.3) is 0 Å². The van der Waals surface area contributed by atoms with Gasteiger partial charge in [0.15, 0.2) is 6.29 Å². The van der Waals surface area contributed by atoms with Crippen molar-refractivity contribution >= 4 is 0 Å². The highest BCUT2D eigenvalue weighted by Gasteiger charge is 2.53. The Morgan fingerprint density at radius 2 is 2.00 bits per heavy atom. The first kappa shape index (κ1) is 9.47. The predicted molar refractivity (Wildman–Crippen MR) is 51.5 cm³/mol. The first-order valence-electron chi connectivity index (χ1n) is 5.45. The number of methoxy groups -OCH3 is 1. The standard InChI is InChI=1S/C11H20O2/c1-11(10(12-2)13-11)8-9-6-4-3-5-7-9/h9-10H,3-8H2,1-2H3. The third-order valence-corrected chi connectivity index (χ3v) is 3.45. The second-order valence-corrected chi connectivity index (χ2v) is 4.71. The molecule has 1 heterocycles. The highest BCUT2D eigenvalue weighted by Crippen LogP contribution is 2.44. The molecule has 1 aliphatic heterocycles. The molecule has 2 fully saturated rings. The van der Waals surface area contributed by atoms with E-state index in [2.05, 4.69) is 6.92 Å². The van der Waals surface area contributed by atoms with Crippen LogP contribution in [-0.4, -0.2) is 19.0 Å². The van der Waals surface area contributed by atoms with Gasteiger partial charge in [0.2, 0.25) is 0 Å². The van der Waals surface area contributed by atoms with Crippen LogP contribution in [0, 0.1) is 5.92 Å². The molecule has 2 nitrogen and oxygen atoms in total. The molecule has 0 radical (unpaired) electrons. The van der Waals surface area contributed by atoms with E-state index in [0.29, 0.717) is 0 Å². The van der Waals surface area contributed by atoms with E-state index in [1.807, 2.05) is 0 Å². The van der Waals surface area contributed by atoms with Crippen molar-refractivity contribution in [2.24, 2.45) is 5.92 Å². The molecule has 1 saturated heterocycles. The van der Waals surface area contributed by atoms with Crippen molar-refractivity contribution in [3.63, 3.8) is 0 Å². The quantitative estimate of drug-likeness (QED) is 0.629. The van der Waals surface area contributed by atoms with Crippen molar-refractivity contribution in [3.8, 4) is 0 Å². The topological polar surface area (TPSA) is 21.8 Å². The Bertz CT molecular complexity index is 175. The minimum absolute atomic E-state index is 0.0523. The van der Waals surface area contributed by atoms with Crippen LogP contribution < -0.4 is 0 Å². The molecule has 2 atom stereocenters. The van der Waals surface area contributed by atoms with Gasteiger partial charge in [-0.1, -0.05) is 32.1 Å². The molecule has 76 valence electrons. The van der Waals surface area contributed by atoms with Crippen LogP contribution in [0.15, 0.2) is 0 Å². The SMILES string of the molecule is COC1OC1(C)CC1CCCCC1. The summed E-state index contributed by atoms with van der Waals surface area (Å²) >= 11 is 0. The minimum Gasteiger partial charge on any atom is -0.353 e. The minimum atomic E-state index is 0.0523. The van der Waals surface area contributed by atoms with Crippen LogP contribution >= 0.6 is 0 Å². The largest absolute Gasteiger partial charge is 0.353 e. The van der Waals surface area contributed by atoms with Crippen molar-refractivity contribution in [3.05, 3.63) is 0 Å². The van der Waals surface area contributed by atoms with Crippen molar-refractivity contribution in [2.45, 2.75) is 57.3 Å². The maximum atomic E-state index is 5.53. The Kier molecular flexibility index (Phi) is 2.61. The lowest BCUT2D eigenvalue weighted by Gasteiger charge is -2.23. The molecular formula is C11H20O2. The van der Waals surface area contributed by atoms with Gasteiger partial charge in [0.05, 0.1) is 0 Å². The Hall–Kier alpha value is -0.0800. The van der Waals surface area contributed by atoms with Crippen LogP contribution in [0.1, 0.15) is 45.4 Å². The van der Waals surface area contributed by atoms with E-state index in [9.17, 15) is 0 Å². The van der Waals surface area contributed by atoms with Crippen molar-refractivity contribution < 1.29 is 9.47 Å². The van der Waals surface area contributed by atoms with Gasteiger partial charge in [-0.15, -0.1) is 0 Å². The summed E-state index contributed by atoms with van der Waals surface area (Å²) in [5, 5.41) is 0. The van der Waals surface area contributed by atoms with Crippen LogP contribution in [0.25, 0.3) is 0 Å². The fourth-order valence-corrected chi connectivity index (χ4v) is 2.62. The molecule has 2 aliphatic rings. The summed E-state index contributed by atoms with van der Waals surface area (Å²) in [7, 11) is 1.73. The summed E-state index contributed by atoms with van der Waals surface area (Å²) in [5.41, 5.74) is 0.0523. The maximum Gasteiger partial charge on any atom is 0.186 e. The lowest BCUT2D eigenvalue weighted by molar-refractivity contribution is 0.0950. The third-order valence-electron chi connectivity index (χ3n) is 3.45. The zero-order valence-corrected chi connectivity index (χ0v) is 8.71. The van der Waals surface area contributed by atoms with Crippen LogP contribution in [0.3, 0.4) is 0 Å². The molecule has 0 bridgehead atoms. The zero-order valence-electron chi connectivity index (χ0n) is 8.71. The van der Waals surface area contributed by atoms with Gasteiger partial charge < -0.3 is 9.47 Å². The van der Waals surface area contributed by atoms with E-state index in [1.165, 1.54) is 38.5 Å². The first-order chi connectivity index (χ1) is 6.24. The Morgan fingerprint density at radius 1 is 1.31 bits per heavy atom. The van der Waals surface area contributed by atoms with Crippen molar-refractivity contribution in [1.82, 2.24) is 0 Å². The number of hydrogen-bond donors (Lipinski definition) is 0. The summed E-state index contributed by atoms with van der Waals surface area (Å²) in [6, 6.07) is 0. The molecule has 2 heteroatoms. The number of ether oxygens (including phenoxy) is 2. The van der Waals surface area contributed by atoms with Crippen LogP contribution in [0.4, 0.5) is 0 Å². The van der Waals surface area contributed by atoms with Crippen molar-refractivity contribution in [2.75, 3.05) is 7.11 Å². The lowest BCUT2D eigenvalue weighted by Crippen LogP contribution is -2.18. The van der Waals surface area contributed by atoms with Gasteiger partial charge >= 0.3 is 0 Å². The molecule has 0 aromatic heterocycles. The summed E-state index contributed by atoms with van der Waals surface area (Å²) in [6.45, 7) is 2.18. The fraction of sp³-hybridized carbons (Fsp3) is 1.00. The van der Waals surface area contributed by atoms with E-state index in [-0.39, 0.29) is 11.9 Å². The Balaban J connectivity index is 1.77. The van der Waals surface area contributed by atoms with E-state index >= 15 is 0 Å². The molecule has 1 aliphatic carbocycles. The van der Waals surface area contributed by atoms with Crippen LogP contribution in [-0.2, 0) is 9.47 Å². The molecule has 13 heavy (non-hydrogen) atoms. The number of hydrogen-bond acceptors (Lipinski definition) is 2. The smallest absolute Gasteiger partial charge is 0.186 e. The highest BCUT2D eigenvalue weighted by atomic mass is 16.8. The molecule has 0 amide bonds. The average molecular weight is 184 g/mol. The average Bonchev–Trinajstić information content (AvgIpc) is 2.78. The third kappa shape index (κ3) is 2.05. The summed E-state index contributed by atoms with van der Waals surface area (Å²) in [5.74, 6) is 0.888. The van der Waals surface area contributed by atoms with E-state index in [0.717, 1.165) is 5.92 Å². The van der Waals surface area contributed by atoms with E-state index in [1.54, 1.807) is 7.11 Å². The molecule has 0 aromatic carbocycles. The lowest BCUT2D eigenvalue weighted by atomic mass is 9.83. The molecule has 0 spiro atoms. The van der Waals surface area contributed by atoms with Gasteiger partial charge in [-0.05, 0) is 19.3 Å².